The molecule has 0 saturated carbocycles. The van der Waals surface area contributed by atoms with Crippen LogP contribution < -0.4 is 5.73 Å². The molecule has 0 aliphatic rings. The minimum atomic E-state index is 0.118. The zero-order valence-corrected chi connectivity index (χ0v) is 9.87. The van der Waals surface area contributed by atoms with Crippen LogP contribution in [0.4, 0.5) is 0 Å². The van der Waals surface area contributed by atoms with Crippen LogP contribution >= 0.6 is 0 Å². The first kappa shape index (κ1) is 11.7. The summed E-state index contributed by atoms with van der Waals surface area (Å²) in [6.07, 6.45) is 5.00. The lowest BCUT2D eigenvalue weighted by Gasteiger charge is -2.05. The van der Waals surface area contributed by atoms with E-state index in [9.17, 15) is 0 Å². The Labute approximate surface area is 101 Å². The Balaban J connectivity index is 2.11. The average Bonchev–Trinajstić information content (AvgIpc) is 2.30. The van der Waals surface area contributed by atoms with Gasteiger partial charge >= 0.3 is 0 Å². The van der Waals surface area contributed by atoms with Crippen molar-refractivity contribution in [3.05, 3.63) is 53.9 Å². The van der Waals surface area contributed by atoms with Gasteiger partial charge in [-0.3, -0.25) is 4.98 Å². The normalized spacial score (nSPS) is 12.4. The number of pyridine rings is 1. The van der Waals surface area contributed by atoms with Crippen molar-refractivity contribution in [2.75, 3.05) is 0 Å². The van der Waals surface area contributed by atoms with Crippen LogP contribution in [0.1, 0.15) is 24.1 Å². The molecule has 2 rings (SSSR count). The van der Waals surface area contributed by atoms with Gasteiger partial charge in [0.2, 0.25) is 0 Å². The summed E-state index contributed by atoms with van der Waals surface area (Å²) in [6.45, 7) is 1.97. The maximum atomic E-state index is 5.75. The first-order valence-corrected chi connectivity index (χ1v) is 5.70. The van der Waals surface area contributed by atoms with E-state index in [1.807, 2.05) is 31.2 Å². The van der Waals surface area contributed by atoms with E-state index in [4.69, 9.17) is 5.73 Å². The highest BCUT2D eigenvalue weighted by Gasteiger charge is 2.03. The van der Waals surface area contributed by atoms with Crippen molar-refractivity contribution < 1.29 is 0 Å². The zero-order chi connectivity index (χ0) is 12.1. The van der Waals surface area contributed by atoms with Crippen molar-refractivity contribution in [3.8, 4) is 0 Å². The first-order valence-electron chi connectivity index (χ1n) is 5.70. The molecule has 2 N–H and O–H groups in total. The first-order chi connectivity index (χ1) is 8.24. The van der Waals surface area contributed by atoms with Crippen molar-refractivity contribution >= 4 is 0 Å². The summed E-state index contributed by atoms with van der Waals surface area (Å²) in [7, 11) is 0. The third-order valence-corrected chi connectivity index (χ3v) is 2.36. The SMILES string of the molecule is CC(N)Cc1ccnc(Cc2ccccn2)n1. The number of hydrogen-bond donors (Lipinski definition) is 1. The predicted molar refractivity (Wildman–Crippen MR) is 66.4 cm³/mol. The third kappa shape index (κ3) is 3.60. The Morgan fingerprint density at radius 2 is 2.00 bits per heavy atom. The Kier molecular flexibility index (Phi) is 3.77. The molecular formula is C13H16N4. The van der Waals surface area contributed by atoms with Crippen molar-refractivity contribution in [2.45, 2.75) is 25.8 Å². The van der Waals surface area contributed by atoms with E-state index >= 15 is 0 Å². The predicted octanol–water partition coefficient (Wildman–Crippen LogP) is 1.35. The van der Waals surface area contributed by atoms with Gasteiger partial charge in [-0.05, 0) is 25.1 Å². The third-order valence-electron chi connectivity index (χ3n) is 2.36. The molecule has 0 aromatic carbocycles. The minimum Gasteiger partial charge on any atom is -0.328 e. The highest BCUT2D eigenvalue weighted by Crippen LogP contribution is 2.04. The zero-order valence-electron chi connectivity index (χ0n) is 9.87. The van der Waals surface area contributed by atoms with Crippen molar-refractivity contribution in [3.63, 3.8) is 0 Å². The molecule has 2 aromatic rings. The highest BCUT2D eigenvalue weighted by molar-refractivity contribution is 5.12. The largest absolute Gasteiger partial charge is 0.328 e. The smallest absolute Gasteiger partial charge is 0.134 e. The summed E-state index contributed by atoms with van der Waals surface area (Å²) in [6, 6.07) is 7.87. The lowest BCUT2D eigenvalue weighted by molar-refractivity contribution is 0.713. The lowest BCUT2D eigenvalue weighted by atomic mass is 10.2. The molecule has 4 heteroatoms. The van der Waals surface area contributed by atoms with Crippen LogP contribution in [-0.2, 0) is 12.8 Å². The average molecular weight is 228 g/mol. The fraction of sp³-hybridized carbons (Fsp3) is 0.308. The molecule has 0 radical (unpaired) electrons. The fourth-order valence-corrected chi connectivity index (χ4v) is 1.63. The second kappa shape index (κ2) is 5.50. The van der Waals surface area contributed by atoms with Crippen LogP contribution in [0.2, 0.25) is 0 Å². The Morgan fingerprint density at radius 1 is 1.12 bits per heavy atom. The van der Waals surface area contributed by atoms with Crippen molar-refractivity contribution in [2.24, 2.45) is 5.73 Å². The molecule has 1 atom stereocenters. The molecule has 0 saturated heterocycles. The van der Waals surface area contributed by atoms with Gasteiger partial charge in [0.05, 0.1) is 6.42 Å². The van der Waals surface area contributed by atoms with Gasteiger partial charge in [-0.15, -0.1) is 0 Å². The topological polar surface area (TPSA) is 64.7 Å². The summed E-state index contributed by atoms with van der Waals surface area (Å²) in [5, 5.41) is 0. The van der Waals surface area contributed by atoms with Crippen LogP contribution in [-0.4, -0.2) is 21.0 Å². The molecule has 0 aliphatic heterocycles. The Morgan fingerprint density at radius 3 is 2.71 bits per heavy atom. The Bertz CT molecular complexity index is 468. The molecule has 0 spiro atoms. The van der Waals surface area contributed by atoms with Gasteiger partial charge in [0.1, 0.15) is 5.82 Å². The molecule has 17 heavy (non-hydrogen) atoms. The maximum absolute atomic E-state index is 5.75. The lowest BCUT2D eigenvalue weighted by Crippen LogP contribution is -2.19. The summed E-state index contributed by atoms with van der Waals surface area (Å²) in [5.41, 5.74) is 7.72. The van der Waals surface area contributed by atoms with E-state index in [1.54, 1.807) is 12.4 Å². The van der Waals surface area contributed by atoms with Gasteiger partial charge < -0.3 is 5.73 Å². The molecule has 0 fully saturated rings. The molecule has 4 nitrogen and oxygen atoms in total. The van der Waals surface area contributed by atoms with Gasteiger partial charge in [0.15, 0.2) is 0 Å². The van der Waals surface area contributed by atoms with E-state index in [2.05, 4.69) is 15.0 Å². The van der Waals surface area contributed by atoms with E-state index < -0.39 is 0 Å². The number of rotatable bonds is 4. The van der Waals surface area contributed by atoms with Crippen LogP contribution in [0.5, 0.6) is 0 Å². The number of hydrogen-bond acceptors (Lipinski definition) is 4. The molecule has 0 aliphatic carbocycles. The van der Waals surface area contributed by atoms with Crippen molar-refractivity contribution in [1.82, 2.24) is 15.0 Å². The van der Waals surface area contributed by atoms with E-state index in [-0.39, 0.29) is 6.04 Å². The highest BCUT2D eigenvalue weighted by atomic mass is 14.9. The van der Waals surface area contributed by atoms with Crippen LogP contribution in [0.15, 0.2) is 36.7 Å². The van der Waals surface area contributed by atoms with Gasteiger partial charge in [-0.1, -0.05) is 6.07 Å². The Hall–Kier alpha value is -1.81. The molecule has 2 aromatic heterocycles. The summed E-state index contributed by atoms with van der Waals surface area (Å²) in [5.74, 6) is 0.793. The quantitative estimate of drug-likeness (QED) is 0.858. The summed E-state index contributed by atoms with van der Waals surface area (Å²) < 4.78 is 0. The van der Waals surface area contributed by atoms with E-state index in [0.717, 1.165) is 23.6 Å². The van der Waals surface area contributed by atoms with Gasteiger partial charge in [0, 0.05) is 36.2 Å². The van der Waals surface area contributed by atoms with Crippen molar-refractivity contribution in [1.29, 1.82) is 0 Å². The van der Waals surface area contributed by atoms with Gasteiger partial charge in [-0.25, -0.2) is 9.97 Å². The number of nitrogens with zero attached hydrogens (tertiary/aromatic N) is 3. The molecule has 1 unspecified atom stereocenters. The molecule has 88 valence electrons. The van der Waals surface area contributed by atoms with Crippen LogP contribution in [0.3, 0.4) is 0 Å². The summed E-state index contributed by atoms with van der Waals surface area (Å²) >= 11 is 0. The van der Waals surface area contributed by atoms with Crippen LogP contribution in [0, 0.1) is 0 Å². The standard InChI is InChI=1S/C13H16N4/c1-10(14)8-12-5-7-16-13(17-12)9-11-4-2-3-6-15-11/h2-7,10H,8-9,14H2,1H3. The van der Waals surface area contributed by atoms with Gasteiger partial charge in [-0.2, -0.15) is 0 Å². The van der Waals surface area contributed by atoms with Gasteiger partial charge in [0.25, 0.3) is 0 Å². The molecular weight excluding hydrogens is 212 g/mol. The molecule has 0 bridgehead atoms. The minimum absolute atomic E-state index is 0.118. The number of nitrogens with two attached hydrogens (primary N) is 1. The summed E-state index contributed by atoms with van der Waals surface area (Å²) in [4.78, 5) is 13.0. The fourth-order valence-electron chi connectivity index (χ4n) is 1.63. The molecule has 0 amide bonds. The number of aromatic nitrogens is 3. The monoisotopic (exact) mass is 228 g/mol. The molecule has 2 heterocycles. The second-order valence-electron chi connectivity index (χ2n) is 4.14. The van der Waals surface area contributed by atoms with E-state index in [0.29, 0.717) is 6.42 Å². The second-order valence-corrected chi connectivity index (χ2v) is 4.14. The maximum Gasteiger partial charge on any atom is 0.134 e. The van der Waals surface area contributed by atoms with Crippen LogP contribution in [0.25, 0.3) is 0 Å². The van der Waals surface area contributed by atoms with E-state index in [1.165, 1.54) is 0 Å².